The summed E-state index contributed by atoms with van der Waals surface area (Å²) in [5.74, 6) is 0.712. The zero-order valence-corrected chi connectivity index (χ0v) is 13.7. The van der Waals surface area contributed by atoms with Crippen molar-refractivity contribution in [3.8, 4) is 0 Å². The fraction of sp³-hybridized carbons (Fsp3) is 0.556. The van der Waals surface area contributed by atoms with Gasteiger partial charge in [0.2, 0.25) is 0 Å². The van der Waals surface area contributed by atoms with E-state index in [-0.39, 0.29) is 11.5 Å². The van der Waals surface area contributed by atoms with Crippen molar-refractivity contribution < 1.29 is 9.90 Å². The van der Waals surface area contributed by atoms with E-state index in [1.54, 1.807) is 4.90 Å². The Morgan fingerprint density at radius 1 is 1.36 bits per heavy atom. The second kappa shape index (κ2) is 5.11. The van der Waals surface area contributed by atoms with Crippen LogP contribution in [0.2, 0.25) is 0 Å². The lowest BCUT2D eigenvalue weighted by Gasteiger charge is -2.36. The molecule has 0 bridgehead atoms. The molecule has 4 nitrogen and oxygen atoms in total. The molecule has 1 fully saturated rings. The molecule has 1 aromatic rings. The van der Waals surface area contributed by atoms with Crippen molar-refractivity contribution in [2.24, 2.45) is 17.3 Å². The molecular weight excluding hydrogens is 276 g/mol. The second-order valence-corrected chi connectivity index (χ2v) is 7.67. The number of carbonyl (C=O) groups is 1. The normalized spacial score (nSPS) is 27.7. The monoisotopic (exact) mass is 300 g/mol. The van der Waals surface area contributed by atoms with Gasteiger partial charge in [-0.3, -0.25) is 4.98 Å². The average molecular weight is 300 g/mol. The van der Waals surface area contributed by atoms with Crippen LogP contribution in [0.15, 0.2) is 24.4 Å². The Labute approximate surface area is 131 Å². The number of allylic oxidation sites excluding steroid dienone is 1. The number of hydrogen-bond acceptors (Lipinski definition) is 2. The first-order valence-corrected chi connectivity index (χ1v) is 7.90. The van der Waals surface area contributed by atoms with E-state index >= 15 is 0 Å². The van der Waals surface area contributed by atoms with E-state index in [0.717, 1.165) is 12.1 Å². The van der Waals surface area contributed by atoms with Crippen molar-refractivity contribution in [1.82, 2.24) is 9.88 Å². The minimum atomic E-state index is -0.790. The lowest BCUT2D eigenvalue weighted by Crippen LogP contribution is -2.45. The van der Waals surface area contributed by atoms with Crippen LogP contribution in [0.25, 0.3) is 5.57 Å². The molecule has 3 unspecified atom stereocenters. The summed E-state index contributed by atoms with van der Waals surface area (Å²) in [5, 5.41) is 9.51. The Bertz CT molecular complexity index is 613. The van der Waals surface area contributed by atoms with Gasteiger partial charge in [0.15, 0.2) is 0 Å². The summed E-state index contributed by atoms with van der Waals surface area (Å²) in [6.07, 6.45) is 4.39. The van der Waals surface area contributed by atoms with Crippen LogP contribution in [0.1, 0.15) is 38.4 Å². The van der Waals surface area contributed by atoms with E-state index in [1.807, 2.05) is 19.2 Å². The summed E-state index contributed by atoms with van der Waals surface area (Å²) in [4.78, 5) is 17.6. The molecule has 3 rings (SSSR count). The molecule has 2 heterocycles. The van der Waals surface area contributed by atoms with Crippen LogP contribution in [0.5, 0.6) is 0 Å². The van der Waals surface area contributed by atoms with Crippen LogP contribution in [0.4, 0.5) is 4.79 Å². The van der Waals surface area contributed by atoms with Gasteiger partial charge in [0, 0.05) is 30.4 Å². The Morgan fingerprint density at radius 3 is 2.64 bits per heavy atom. The largest absolute Gasteiger partial charge is 0.465 e. The minimum Gasteiger partial charge on any atom is -0.465 e. The second-order valence-electron chi connectivity index (χ2n) is 7.67. The number of hydrogen-bond donors (Lipinski definition) is 1. The van der Waals surface area contributed by atoms with Crippen LogP contribution in [-0.2, 0) is 0 Å². The lowest BCUT2D eigenvalue weighted by molar-refractivity contribution is 0.0978. The summed E-state index contributed by atoms with van der Waals surface area (Å²) < 4.78 is 0. The van der Waals surface area contributed by atoms with Crippen molar-refractivity contribution in [2.75, 3.05) is 6.54 Å². The molecule has 3 atom stereocenters. The van der Waals surface area contributed by atoms with Gasteiger partial charge in [-0.05, 0) is 41.9 Å². The van der Waals surface area contributed by atoms with Crippen molar-refractivity contribution in [2.45, 2.75) is 40.2 Å². The van der Waals surface area contributed by atoms with Crippen LogP contribution >= 0.6 is 0 Å². The summed E-state index contributed by atoms with van der Waals surface area (Å²) in [5.41, 5.74) is 3.46. The third kappa shape index (κ3) is 2.51. The highest BCUT2D eigenvalue weighted by atomic mass is 16.4. The average Bonchev–Trinajstić information content (AvgIpc) is 2.94. The SMILES string of the molecule is Cc1ccc(C2=CC3C(C2)CN(C(=O)O)C3C(C)(C)C)cn1. The molecule has 4 heteroatoms. The molecule has 0 radical (unpaired) electrons. The van der Waals surface area contributed by atoms with Gasteiger partial charge in [-0.2, -0.15) is 0 Å². The van der Waals surface area contributed by atoms with E-state index in [4.69, 9.17) is 0 Å². The predicted octanol–water partition coefficient (Wildman–Crippen LogP) is 3.82. The van der Waals surface area contributed by atoms with Crippen molar-refractivity contribution in [3.63, 3.8) is 0 Å². The number of likely N-dealkylation sites (tertiary alicyclic amines) is 1. The van der Waals surface area contributed by atoms with Crippen molar-refractivity contribution in [1.29, 1.82) is 0 Å². The lowest BCUT2D eigenvalue weighted by atomic mass is 9.78. The van der Waals surface area contributed by atoms with Crippen molar-refractivity contribution in [3.05, 3.63) is 35.7 Å². The number of rotatable bonds is 1. The van der Waals surface area contributed by atoms with Gasteiger partial charge in [0.05, 0.1) is 0 Å². The van der Waals surface area contributed by atoms with Crippen LogP contribution in [0.3, 0.4) is 0 Å². The quantitative estimate of drug-likeness (QED) is 0.858. The zero-order valence-electron chi connectivity index (χ0n) is 13.7. The van der Waals surface area contributed by atoms with E-state index in [1.165, 1.54) is 11.1 Å². The zero-order chi connectivity index (χ0) is 16.1. The molecule has 1 aromatic heterocycles. The number of carboxylic acid groups (broad SMARTS) is 1. The molecule has 0 spiro atoms. The van der Waals surface area contributed by atoms with Crippen molar-refractivity contribution >= 4 is 11.7 Å². The summed E-state index contributed by atoms with van der Waals surface area (Å²) >= 11 is 0. The molecule has 22 heavy (non-hydrogen) atoms. The minimum absolute atomic E-state index is 0.0471. The first kappa shape index (κ1) is 15.1. The highest BCUT2D eigenvalue weighted by Gasteiger charge is 2.50. The Kier molecular flexibility index (Phi) is 3.50. The van der Waals surface area contributed by atoms with Crippen LogP contribution in [0, 0.1) is 24.2 Å². The Morgan fingerprint density at radius 2 is 2.09 bits per heavy atom. The molecule has 118 valence electrons. The summed E-state index contributed by atoms with van der Waals surface area (Å²) in [6.45, 7) is 9.03. The highest BCUT2D eigenvalue weighted by Crippen LogP contribution is 2.48. The molecule has 1 amide bonds. The summed E-state index contributed by atoms with van der Waals surface area (Å²) in [6, 6.07) is 4.21. The van der Waals surface area contributed by atoms with Gasteiger partial charge in [-0.1, -0.05) is 32.9 Å². The molecule has 0 aromatic carbocycles. The number of amides is 1. The topological polar surface area (TPSA) is 53.4 Å². The molecule has 2 aliphatic rings. The maximum Gasteiger partial charge on any atom is 0.407 e. The van der Waals surface area contributed by atoms with Gasteiger partial charge < -0.3 is 10.0 Å². The smallest absolute Gasteiger partial charge is 0.407 e. The highest BCUT2D eigenvalue weighted by molar-refractivity contribution is 5.71. The van der Waals surface area contributed by atoms with Gasteiger partial charge in [-0.25, -0.2) is 4.79 Å². The number of pyridine rings is 1. The van der Waals surface area contributed by atoms with Gasteiger partial charge in [0.1, 0.15) is 0 Å². The Hall–Kier alpha value is -1.84. The maximum absolute atomic E-state index is 11.6. The van der Waals surface area contributed by atoms with Gasteiger partial charge >= 0.3 is 6.09 Å². The van der Waals surface area contributed by atoms with Crippen LogP contribution < -0.4 is 0 Å². The van der Waals surface area contributed by atoms with E-state index < -0.39 is 6.09 Å². The first-order chi connectivity index (χ1) is 10.3. The molecule has 1 N–H and O–H groups in total. The van der Waals surface area contributed by atoms with Crippen LogP contribution in [-0.4, -0.2) is 33.7 Å². The molecule has 0 saturated carbocycles. The number of aryl methyl sites for hydroxylation is 1. The third-order valence-electron chi connectivity index (χ3n) is 4.97. The third-order valence-corrected chi connectivity index (χ3v) is 4.97. The molecule has 1 saturated heterocycles. The van der Waals surface area contributed by atoms with Gasteiger partial charge in [0.25, 0.3) is 0 Å². The number of nitrogens with zero attached hydrogens (tertiary/aromatic N) is 2. The van der Waals surface area contributed by atoms with E-state index in [9.17, 15) is 9.90 Å². The standard InChI is InChI=1S/C18H24N2O2/c1-11-5-6-12(9-19-11)13-7-14-10-20(17(21)22)16(15(14)8-13)18(2,3)4/h5-6,8-9,14-16H,7,10H2,1-4H3,(H,21,22). The summed E-state index contributed by atoms with van der Waals surface area (Å²) in [7, 11) is 0. The van der Waals surface area contributed by atoms with Gasteiger partial charge in [-0.15, -0.1) is 0 Å². The number of fused-ring (bicyclic) bond motifs is 1. The Balaban J connectivity index is 1.92. The molecule has 1 aliphatic carbocycles. The maximum atomic E-state index is 11.6. The van der Waals surface area contributed by atoms with E-state index in [2.05, 4.69) is 37.9 Å². The molecular formula is C18H24N2O2. The first-order valence-electron chi connectivity index (χ1n) is 7.90. The fourth-order valence-electron chi connectivity index (χ4n) is 4.08. The predicted molar refractivity (Wildman–Crippen MR) is 86.5 cm³/mol. The van der Waals surface area contributed by atoms with E-state index in [0.29, 0.717) is 18.4 Å². The molecule has 1 aliphatic heterocycles. The number of aromatic nitrogens is 1. The fourth-order valence-corrected chi connectivity index (χ4v) is 4.08.